The Morgan fingerprint density at radius 1 is 1.22 bits per heavy atom. The van der Waals surface area contributed by atoms with Gasteiger partial charge in [0, 0.05) is 43.6 Å². The number of nitrogens with zero attached hydrogens (tertiary/aromatic N) is 2. The maximum absolute atomic E-state index is 12.1. The van der Waals surface area contributed by atoms with E-state index in [2.05, 4.69) is 27.3 Å². The van der Waals surface area contributed by atoms with Gasteiger partial charge in [-0.15, -0.1) is 0 Å². The van der Waals surface area contributed by atoms with E-state index in [0.29, 0.717) is 25.1 Å². The maximum Gasteiger partial charge on any atom is 0.251 e. The first-order valence-corrected chi connectivity index (χ1v) is 7.86. The molecule has 2 N–H and O–H groups in total. The van der Waals surface area contributed by atoms with E-state index < -0.39 is 0 Å². The van der Waals surface area contributed by atoms with Gasteiger partial charge in [0.05, 0.1) is 6.10 Å². The number of aliphatic hydroxyl groups excluding tert-OH is 1. The highest BCUT2D eigenvalue weighted by molar-refractivity contribution is 5.93. The Morgan fingerprint density at radius 3 is 2.70 bits per heavy atom. The summed E-state index contributed by atoms with van der Waals surface area (Å²) in [5.41, 5.74) is 1.82. The normalized spacial score (nSPS) is 21.3. The first-order valence-electron chi connectivity index (χ1n) is 7.86. The number of likely N-dealkylation sites (tertiary alicyclic amines) is 1. The van der Waals surface area contributed by atoms with E-state index in [0.717, 1.165) is 6.54 Å². The Balaban J connectivity index is 1.58. The molecule has 2 aromatic rings. The molecule has 0 unspecified atom stereocenters. The van der Waals surface area contributed by atoms with Crippen molar-refractivity contribution in [2.24, 2.45) is 0 Å². The second-order valence-corrected chi connectivity index (χ2v) is 5.90. The van der Waals surface area contributed by atoms with Crippen LogP contribution in [0.15, 0.2) is 54.9 Å². The number of β-amino-alcohol motifs (C(OH)–C–C–N with tert-alkyl or cyclic N) is 1. The molecule has 0 aliphatic carbocycles. The Kier molecular flexibility index (Phi) is 5.00. The summed E-state index contributed by atoms with van der Waals surface area (Å²) in [4.78, 5) is 18.3. The highest BCUT2D eigenvalue weighted by Crippen LogP contribution is 2.20. The molecule has 0 saturated carbocycles. The van der Waals surface area contributed by atoms with Gasteiger partial charge in [0.15, 0.2) is 0 Å². The second kappa shape index (κ2) is 7.35. The fraction of sp³-hybridized carbons (Fsp3) is 0.333. The van der Waals surface area contributed by atoms with Gasteiger partial charge in [-0.1, -0.05) is 30.3 Å². The number of nitrogens with one attached hydrogen (secondary N) is 1. The van der Waals surface area contributed by atoms with Crippen LogP contribution in [-0.4, -0.2) is 46.1 Å². The van der Waals surface area contributed by atoms with Gasteiger partial charge in [0.1, 0.15) is 0 Å². The van der Waals surface area contributed by atoms with Gasteiger partial charge in [0.2, 0.25) is 0 Å². The molecule has 1 aliphatic rings. The molecule has 1 aliphatic heterocycles. The predicted molar refractivity (Wildman–Crippen MR) is 87.8 cm³/mol. The van der Waals surface area contributed by atoms with Gasteiger partial charge in [-0.25, -0.2) is 0 Å². The number of pyridine rings is 1. The zero-order chi connectivity index (χ0) is 16.1. The minimum absolute atomic E-state index is 0.103. The minimum Gasteiger partial charge on any atom is -0.392 e. The van der Waals surface area contributed by atoms with Crippen molar-refractivity contribution >= 4 is 5.91 Å². The van der Waals surface area contributed by atoms with E-state index in [1.54, 1.807) is 24.5 Å². The summed E-state index contributed by atoms with van der Waals surface area (Å²) < 4.78 is 0. The van der Waals surface area contributed by atoms with Crippen molar-refractivity contribution in [3.63, 3.8) is 0 Å². The average molecular weight is 311 g/mol. The van der Waals surface area contributed by atoms with Gasteiger partial charge in [0.25, 0.3) is 5.91 Å². The van der Waals surface area contributed by atoms with Crippen molar-refractivity contribution in [2.45, 2.75) is 25.1 Å². The van der Waals surface area contributed by atoms with Crippen LogP contribution in [0.4, 0.5) is 0 Å². The van der Waals surface area contributed by atoms with Gasteiger partial charge < -0.3 is 10.4 Å². The fourth-order valence-electron chi connectivity index (χ4n) is 3.00. The molecule has 2 atom stereocenters. The van der Waals surface area contributed by atoms with Gasteiger partial charge in [-0.05, 0) is 24.1 Å². The van der Waals surface area contributed by atoms with Crippen molar-refractivity contribution in [1.29, 1.82) is 0 Å². The smallest absolute Gasteiger partial charge is 0.251 e. The number of rotatable bonds is 5. The molecule has 120 valence electrons. The lowest BCUT2D eigenvalue weighted by atomic mass is 10.1. The molecule has 1 aromatic carbocycles. The van der Waals surface area contributed by atoms with Crippen LogP contribution in [0.3, 0.4) is 0 Å². The van der Waals surface area contributed by atoms with Gasteiger partial charge >= 0.3 is 0 Å². The molecule has 23 heavy (non-hydrogen) atoms. The molecule has 0 bridgehead atoms. The molecular formula is C18H21N3O2. The van der Waals surface area contributed by atoms with Crippen molar-refractivity contribution in [1.82, 2.24) is 15.2 Å². The van der Waals surface area contributed by atoms with Crippen LogP contribution in [0.1, 0.15) is 22.3 Å². The number of benzene rings is 1. The Bertz CT molecular complexity index is 633. The number of aliphatic hydroxyl groups is 1. The molecule has 2 heterocycles. The average Bonchev–Trinajstić information content (AvgIpc) is 2.94. The summed E-state index contributed by atoms with van der Waals surface area (Å²) >= 11 is 0. The highest BCUT2D eigenvalue weighted by atomic mass is 16.3. The second-order valence-electron chi connectivity index (χ2n) is 5.90. The zero-order valence-corrected chi connectivity index (χ0v) is 12.9. The first-order chi connectivity index (χ1) is 11.2. The van der Waals surface area contributed by atoms with Crippen molar-refractivity contribution in [3.05, 3.63) is 66.0 Å². The van der Waals surface area contributed by atoms with E-state index in [1.807, 2.05) is 18.2 Å². The number of hydrogen-bond donors (Lipinski definition) is 2. The summed E-state index contributed by atoms with van der Waals surface area (Å²) in [6, 6.07) is 13.7. The minimum atomic E-state index is -0.332. The molecule has 1 amide bonds. The van der Waals surface area contributed by atoms with E-state index in [4.69, 9.17) is 0 Å². The SMILES string of the molecule is O=C(NC[C@@H]1C[C@H](O)CN1Cc1ccccc1)c1ccncc1. The molecule has 1 aromatic heterocycles. The number of hydrogen-bond acceptors (Lipinski definition) is 4. The summed E-state index contributed by atoms with van der Waals surface area (Å²) in [6.07, 6.45) is 3.57. The molecule has 1 fully saturated rings. The van der Waals surface area contributed by atoms with Crippen molar-refractivity contribution in [2.75, 3.05) is 13.1 Å². The monoisotopic (exact) mass is 311 g/mol. The maximum atomic E-state index is 12.1. The first kappa shape index (κ1) is 15.6. The third-order valence-corrected chi connectivity index (χ3v) is 4.18. The van der Waals surface area contributed by atoms with E-state index >= 15 is 0 Å². The largest absolute Gasteiger partial charge is 0.392 e. The van der Waals surface area contributed by atoms with Gasteiger partial charge in [-0.3, -0.25) is 14.7 Å². The number of amides is 1. The molecule has 3 rings (SSSR count). The summed E-state index contributed by atoms with van der Waals surface area (Å²) in [7, 11) is 0. The number of carbonyl (C=O) groups is 1. The lowest BCUT2D eigenvalue weighted by molar-refractivity contribution is 0.0939. The quantitative estimate of drug-likeness (QED) is 0.877. The van der Waals surface area contributed by atoms with Crippen LogP contribution < -0.4 is 5.32 Å². The predicted octanol–water partition coefficient (Wildman–Crippen LogP) is 1.45. The molecule has 1 saturated heterocycles. The third kappa shape index (κ3) is 4.15. The Labute approximate surface area is 136 Å². The van der Waals surface area contributed by atoms with Crippen molar-refractivity contribution < 1.29 is 9.90 Å². The van der Waals surface area contributed by atoms with Crippen LogP contribution >= 0.6 is 0 Å². The standard InChI is InChI=1S/C18H21N3O2/c22-17-10-16(11-20-18(23)15-6-8-19-9-7-15)21(13-17)12-14-4-2-1-3-5-14/h1-9,16-17,22H,10-13H2,(H,20,23)/t16-,17-/m0/s1. The molecular weight excluding hydrogens is 290 g/mol. The summed E-state index contributed by atoms with van der Waals surface area (Å²) in [5.74, 6) is -0.103. The van der Waals surface area contributed by atoms with Crippen molar-refractivity contribution in [3.8, 4) is 0 Å². The third-order valence-electron chi connectivity index (χ3n) is 4.18. The van der Waals surface area contributed by atoms with Crippen LogP contribution in [0, 0.1) is 0 Å². The summed E-state index contributed by atoms with van der Waals surface area (Å²) in [6.45, 7) is 1.96. The molecule has 5 heteroatoms. The fourth-order valence-corrected chi connectivity index (χ4v) is 3.00. The number of carbonyl (C=O) groups excluding carboxylic acids is 1. The molecule has 0 radical (unpaired) electrons. The van der Waals surface area contributed by atoms with Crippen LogP contribution in [0.25, 0.3) is 0 Å². The van der Waals surface area contributed by atoms with Crippen LogP contribution in [0.5, 0.6) is 0 Å². The van der Waals surface area contributed by atoms with Crippen LogP contribution in [-0.2, 0) is 6.54 Å². The van der Waals surface area contributed by atoms with E-state index in [1.165, 1.54) is 5.56 Å². The Morgan fingerprint density at radius 2 is 1.96 bits per heavy atom. The lowest BCUT2D eigenvalue weighted by Gasteiger charge is -2.24. The molecule has 5 nitrogen and oxygen atoms in total. The highest BCUT2D eigenvalue weighted by Gasteiger charge is 2.30. The summed E-state index contributed by atoms with van der Waals surface area (Å²) in [5, 5.41) is 12.9. The van der Waals surface area contributed by atoms with Gasteiger partial charge in [-0.2, -0.15) is 0 Å². The molecule has 0 spiro atoms. The number of aromatic nitrogens is 1. The zero-order valence-electron chi connectivity index (χ0n) is 12.9. The topological polar surface area (TPSA) is 65.5 Å². The van der Waals surface area contributed by atoms with E-state index in [9.17, 15) is 9.90 Å². The Hall–Kier alpha value is -2.24. The van der Waals surface area contributed by atoms with E-state index in [-0.39, 0.29) is 18.1 Å². The lowest BCUT2D eigenvalue weighted by Crippen LogP contribution is -2.39. The van der Waals surface area contributed by atoms with Crippen LogP contribution in [0.2, 0.25) is 0 Å².